The van der Waals surface area contributed by atoms with E-state index in [1.807, 2.05) is 0 Å². The monoisotopic (exact) mass is 221 g/mol. The van der Waals surface area contributed by atoms with E-state index >= 15 is 0 Å². The van der Waals surface area contributed by atoms with Gasteiger partial charge in [-0.15, -0.1) is 19.0 Å². The molecule has 0 spiro atoms. The Hall–Kier alpha value is -0.570. The Kier molecular flexibility index (Phi) is 4.99. The maximum Gasteiger partial charge on any atom is 0.129 e. The van der Waals surface area contributed by atoms with E-state index < -0.39 is 11.9 Å². The van der Waals surface area contributed by atoms with E-state index in [9.17, 15) is 4.39 Å². The molecular weight excluding hydrogens is 212 g/mol. The van der Waals surface area contributed by atoms with Crippen molar-refractivity contribution >= 4 is 24.0 Å². The van der Waals surface area contributed by atoms with E-state index in [1.54, 1.807) is 12.1 Å². The molecule has 0 radical (unpaired) electrons. The molecule has 0 aliphatic carbocycles. The minimum atomic E-state index is -0.470. The minimum Gasteiger partial charge on any atom is -0.321 e. The van der Waals surface area contributed by atoms with Gasteiger partial charge < -0.3 is 5.73 Å². The van der Waals surface area contributed by atoms with Crippen LogP contribution < -0.4 is 5.73 Å². The summed E-state index contributed by atoms with van der Waals surface area (Å²) >= 11 is 5.56. The lowest BCUT2D eigenvalue weighted by Gasteiger charge is -2.07. The zero-order valence-corrected chi connectivity index (χ0v) is 8.41. The lowest BCUT2D eigenvalue weighted by Crippen LogP contribution is -2.08. The van der Waals surface area contributed by atoms with Crippen LogP contribution in [0.5, 0.6) is 0 Å². The van der Waals surface area contributed by atoms with Crippen LogP contribution >= 0.6 is 24.0 Å². The van der Waals surface area contributed by atoms with Gasteiger partial charge in [0.1, 0.15) is 5.82 Å². The Balaban J connectivity index is 0.00000144. The first-order valence-electron chi connectivity index (χ1n) is 3.48. The van der Waals surface area contributed by atoms with Gasteiger partial charge in [0.25, 0.3) is 0 Å². The minimum absolute atomic E-state index is 0. The quantitative estimate of drug-likeness (QED) is 0.764. The zero-order valence-electron chi connectivity index (χ0n) is 6.84. The third kappa shape index (κ3) is 2.99. The summed E-state index contributed by atoms with van der Waals surface area (Å²) in [5, 5.41) is 0.368. The maximum atomic E-state index is 13.1. The second kappa shape index (κ2) is 5.22. The van der Waals surface area contributed by atoms with Crippen molar-refractivity contribution in [2.75, 3.05) is 0 Å². The number of hydrogen-bond donors (Lipinski definition) is 1. The molecule has 0 aliphatic heterocycles. The van der Waals surface area contributed by atoms with Crippen LogP contribution in [-0.4, -0.2) is 0 Å². The molecule has 0 aliphatic rings. The van der Waals surface area contributed by atoms with Crippen LogP contribution in [0.2, 0.25) is 5.02 Å². The molecule has 72 valence electrons. The Labute approximate surface area is 87.8 Å². The SMILES string of the molecule is C=C[C@H](N)c1ccc(Cl)cc1F.Cl. The van der Waals surface area contributed by atoms with Gasteiger partial charge in [0.2, 0.25) is 0 Å². The Bertz CT molecular complexity index is 302. The first-order valence-corrected chi connectivity index (χ1v) is 3.86. The average Bonchev–Trinajstić information content (AvgIpc) is 2.03. The molecule has 0 fully saturated rings. The molecule has 1 aromatic carbocycles. The lowest BCUT2D eigenvalue weighted by atomic mass is 10.1. The summed E-state index contributed by atoms with van der Waals surface area (Å²) < 4.78 is 13.1. The molecule has 1 nitrogen and oxygen atoms in total. The van der Waals surface area contributed by atoms with Gasteiger partial charge in [-0.25, -0.2) is 4.39 Å². The largest absolute Gasteiger partial charge is 0.321 e. The first-order chi connectivity index (χ1) is 5.65. The second-order valence-electron chi connectivity index (χ2n) is 2.43. The number of halogens is 3. The Morgan fingerprint density at radius 1 is 1.54 bits per heavy atom. The lowest BCUT2D eigenvalue weighted by molar-refractivity contribution is 0.602. The number of benzene rings is 1. The average molecular weight is 222 g/mol. The van der Waals surface area contributed by atoms with E-state index in [4.69, 9.17) is 17.3 Å². The number of hydrogen-bond acceptors (Lipinski definition) is 1. The van der Waals surface area contributed by atoms with Crippen LogP contribution in [-0.2, 0) is 0 Å². The van der Waals surface area contributed by atoms with E-state index in [0.29, 0.717) is 10.6 Å². The fourth-order valence-corrected chi connectivity index (χ4v) is 1.06. The normalized spacial score (nSPS) is 11.6. The molecule has 4 heteroatoms. The van der Waals surface area contributed by atoms with E-state index in [0.717, 1.165) is 0 Å². The van der Waals surface area contributed by atoms with Crippen LogP contribution in [0.1, 0.15) is 11.6 Å². The molecule has 1 rings (SSSR count). The fraction of sp³-hybridized carbons (Fsp3) is 0.111. The fourth-order valence-electron chi connectivity index (χ4n) is 0.899. The third-order valence-electron chi connectivity index (χ3n) is 1.58. The summed E-state index contributed by atoms with van der Waals surface area (Å²) in [6.07, 6.45) is 1.48. The Morgan fingerprint density at radius 3 is 2.62 bits per heavy atom. The van der Waals surface area contributed by atoms with E-state index in [1.165, 1.54) is 12.1 Å². The molecule has 0 saturated heterocycles. The van der Waals surface area contributed by atoms with E-state index in [2.05, 4.69) is 6.58 Å². The van der Waals surface area contributed by atoms with Crippen molar-refractivity contribution in [2.45, 2.75) is 6.04 Å². The highest BCUT2D eigenvalue weighted by molar-refractivity contribution is 6.30. The van der Waals surface area contributed by atoms with Gasteiger partial charge in [-0.3, -0.25) is 0 Å². The van der Waals surface area contributed by atoms with Crippen molar-refractivity contribution in [3.63, 3.8) is 0 Å². The molecular formula is C9H10Cl2FN. The van der Waals surface area contributed by atoms with Gasteiger partial charge in [-0.2, -0.15) is 0 Å². The summed E-state index contributed by atoms with van der Waals surface area (Å²) in [6.45, 7) is 3.48. The zero-order chi connectivity index (χ0) is 9.14. The first kappa shape index (κ1) is 12.4. The van der Waals surface area contributed by atoms with Gasteiger partial charge in [-0.1, -0.05) is 23.7 Å². The van der Waals surface area contributed by atoms with Gasteiger partial charge in [0.05, 0.1) is 6.04 Å². The molecule has 0 heterocycles. The van der Waals surface area contributed by atoms with Gasteiger partial charge in [-0.05, 0) is 12.1 Å². The molecule has 1 atom stereocenters. The van der Waals surface area contributed by atoms with Crippen LogP contribution in [0.3, 0.4) is 0 Å². The highest BCUT2D eigenvalue weighted by Crippen LogP contribution is 2.19. The molecule has 0 aromatic heterocycles. The van der Waals surface area contributed by atoms with Crippen LogP contribution in [0.15, 0.2) is 30.9 Å². The third-order valence-corrected chi connectivity index (χ3v) is 1.81. The number of rotatable bonds is 2. The molecule has 0 bridgehead atoms. The molecule has 0 amide bonds. The standard InChI is InChI=1S/C9H9ClFN.ClH/c1-2-9(12)7-4-3-6(10)5-8(7)11;/h2-5,9H,1,12H2;1H/t9-;/m0./s1. The van der Waals surface area contributed by atoms with Crippen molar-refractivity contribution < 1.29 is 4.39 Å². The number of nitrogens with two attached hydrogens (primary N) is 1. The predicted molar refractivity (Wildman–Crippen MR) is 55.8 cm³/mol. The molecule has 0 saturated carbocycles. The van der Waals surface area contributed by atoms with Crippen LogP contribution in [0.25, 0.3) is 0 Å². The van der Waals surface area contributed by atoms with Gasteiger partial charge >= 0.3 is 0 Å². The highest BCUT2D eigenvalue weighted by atomic mass is 35.5. The maximum absolute atomic E-state index is 13.1. The van der Waals surface area contributed by atoms with Crippen molar-refractivity contribution in [3.8, 4) is 0 Å². The Morgan fingerprint density at radius 2 is 2.15 bits per heavy atom. The molecule has 1 aromatic rings. The van der Waals surface area contributed by atoms with Crippen molar-refractivity contribution in [3.05, 3.63) is 47.3 Å². The van der Waals surface area contributed by atoms with E-state index in [-0.39, 0.29) is 12.4 Å². The summed E-state index contributed by atoms with van der Waals surface area (Å²) in [5.74, 6) is -0.394. The summed E-state index contributed by atoms with van der Waals surface area (Å²) in [4.78, 5) is 0. The van der Waals surface area contributed by atoms with Crippen LogP contribution in [0, 0.1) is 5.82 Å². The van der Waals surface area contributed by atoms with Crippen LogP contribution in [0.4, 0.5) is 4.39 Å². The molecule has 2 N–H and O–H groups in total. The van der Waals surface area contributed by atoms with Gasteiger partial charge in [0, 0.05) is 10.6 Å². The summed E-state index contributed by atoms with van der Waals surface area (Å²) in [7, 11) is 0. The van der Waals surface area contributed by atoms with Crippen molar-refractivity contribution in [1.82, 2.24) is 0 Å². The molecule has 13 heavy (non-hydrogen) atoms. The highest BCUT2D eigenvalue weighted by Gasteiger charge is 2.07. The predicted octanol–water partition coefficient (Wildman–Crippen LogP) is 3.09. The van der Waals surface area contributed by atoms with Crippen molar-refractivity contribution in [2.24, 2.45) is 5.73 Å². The van der Waals surface area contributed by atoms with Gasteiger partial charge in [0.15, 0.2) is 0 Å². The summed E-state index contributed by atoms with van der Waals surface area (Å²) in [6, 6.07) is 3.93. The van der Waals surface area contributed by atoms with Crippen molar-refractivity contribution in [1.29, 1.82) is 0 Å². The molecule has 0 unspecified atom stereocenters. The second-order valence-corrected chi connectivity index (χ2v) is 2.86. The summed E-state index contributed by atoms with van der Waals surface area (Å²) in [5.41, 5.74) is 5.96. The smallest absolute Gasteiger partial charge is 0.129 e. The topological polar surface area (TPSA) is 26.0 Å².